The first-order valence-electron chi connectivity index (χ1n) is 11.9. The fourth-order valence-electron chi connectivity index (χ4n) is 3.64. The molecule has 184 valence electrons. The molecule has 0 aromatic heterocycles. The third-order valence-electron chi connectivity index (χ3n) is 5.53. The van der Waals surface area contributed by atoms with Crippen molar-refractivity contribution in [3.63, 3.8) is 0 Å². The Hall–Kier alpha value is -1.66. The molecule has 33 heavy (non-hydrogen) atoms. The lowest BCUT2D eigenvalue weighted by atomic mass is 10.0. The fourth-order valence-corrected chi connectivity index (χ4v) is 5.73. The molecule has 0 bridgehead atoms. The van der Waals surface area contributed by atoms with E-state index in [-0.39, 0.29) is 0 Å². The smallest absolute Gasteiger partial charge is 0.132 e. The van der Waals surface area contributed by atoms with Crippen LogP contribution >= 0.6 is 23.5 Å². The van der Waals surface area contributed by atoms with Crippen molar-refractivity contribution < 1.29 is 18.9 Å². The van der Waals surface area contributed by atoms with Crippen molar-refractivity contribution in [2.24, 2.45) is 0 Å². The molecule has 0 heterocycles. The maximum atomic E-state index is 5.77. The van der Waals surface area contributed by atoms with E-state index in [4.69, 9.17) is 18.9 Å². The predicted octanol–water partition coefficient (Wildman–Crippen LogP) is 7.88. The SMILES string of the molecule is CCCCCSc1cc(OC)c(Cc2cc(OC)c(SCCCCC)cc2OC)cc1OC. The van der Waals surface area contributed by atoms with Gasteiger partial charge in [-0.05, 0) is 48.6 Å². The van der Waals surface area contributed by atoms with Gasteiger partial charge in [0.25, 0.3) is 0 Å². The minimum Gasteiger partial charge on any atom is -0.496 e. The van der Waals surface area contributed by atoms with Gasteiger partial charge in [-0.2, -0.15) is 0 Å². The van der Waals surface area contributed by atoms with Crippen molar-refractivity contribution in [1.82, 2.24) is 0 Å². The van der Waals surface area contributed by atoms with Gasteiger partial charge in [-0.15, -0.1) is 23.5 Å². The van der Waals surface area contributed by atoms with Crippen LogP contribution in [0.25, 0.3) is 0 Å². The first kappa shape index (κ1) is 27.6. The molecule has 4 nitrogen and oxygen atoms in total. The number of hydrogen-bond donors (Lipinski definition) is 0. The molecule has 0 unspecified atom stereocenters. The number of rotatable bonds is 16. The van der Waals surface area contributed by atoms with Crippen LogP contribution < -0.4 is 18.9 Å². The molecule has 0 atom stereocenters. The summed E-state index contributed by atoms with van der Waals surface area (Å²) in [4.78, 5) is 2.25. The molecular weight excluding hydrogens is 452 g/mol. The first-order chi connectivity index (χ1) is 16.1. The lowest BCUT2D eigenvalue weighted by Gasteiger charge is -2.18. The van der Waals surface area contributed by atoms with Gasteiger partial charge in [0.2, 0.25) is 0 Å². The molecular formula is C27H40O4S2. The molecule has 0 radical (unpaired) electrons. The summed E-state index contributed by atoms with van der Waals surface area (Å²) in [6.07, 6.45) is 8.02. The van der Waals surface area contributed by atoms with E-state index in [1.807, 2.05) is 23.5 Å². The molecule has 2 aromatic carbocycles. The molecule has 2 rings (SSSR count). The summed E-state index contributed by atoms with van der Waals surface area (Å²) in [5.41, 5.74) is 2.13. The van der Waals surface area contributed by atoms with E-state index in [9.17, 15) is 0 Å². The number of unbranched alkanes of at least 4 members (excludes halogenated alkanes) is 4. The van der Waals surface area contributed by atoms with Crippen molar-refractivity contribution in [1.29, 1.82) is 0 Å². The van der Waals surface area contributed by atoms with Crippen molar-refractivity contribution in [2.45, 2.75) is 68.6 Å². The molecule has 0 aliphatic carbocycles. The number of hydrogen-bond acceptors (Lipinski definition) is 6. The summed E-state index contributed by atoms with van der Waals surface area (Å²) in [6, 6.07) is 8.40. The van der Waals surface area contributed by atoms with Gasteiger partial charge in [0.15, 0.2) is 0 Å². The number of ether oxygens (including phenoxy) is 4. The molecule has 2 aromatic rings. The zero-order valence-electron chi connectivity index (χ0n) is 21.1. The first-order valence-corrected chi connectivity index (χ1v) is 13.8. The van der Waals surface area contributed by atoms with Gasteiger partial charge in [0, 0.05) is 17.5 Å². The van der Waals surface area contributed by atoms with Gasteiger partial charge >= 0.3 is 0 Å². The van der Waals surface area contributed by atoms with Crippen LogP contribution in [0.15, 0.2) is 34.1 Å². The molecule has 0 N–H and O–H groups in total. The minimum atomic E-state index is 0.667. The second-order valence-corrected chi connectivity index (χ2v) is 10.2. The Morgan fingerprint density at radius 1 is 0.545 bits per heavy atom. The lowest BCUT2D eigenvalue weighted by molar-refractivity contribution is 0.387. The third kappa shape index (κ3) is 8.25. The predicted molar refractivity (Wildman–Crippen MR) is 142 cm³/mol. The standard InChI is InChI=1S/C27H40O4S2/c1-7-9-11-13-32-26-18-22(28-3)20(16-24(26)30-5)15-21-17-25(31-6)27(19-23(21)29-4)33-14-12-10-8-2/h16-19H,7-15H2,1-6H3. The Morgan fingerprint density at radius 3 is 1.27 bits per heavy atom. The Kier molecular flexibility index (Phi) is 12.8. The summed E-state index contributed by atoms with van der Waals surface area (Å²) >= 11 is 3.66. The number of benzene rings is 2. The third-order valence-corrected chi connectivity index (χ3v) is 7.77. The van der Waals surface area contributed by atoms with Crippen LogP contribution in [0.2, 0.25) is 0 Å². The average molecular weight is 493 g/mol. The van der Waals surface area contributed by atoms with Crippen LogP contribution in [0.5, 0.6) is 23.0 Å². The molecule has 0 aliphatic heterocycles. The zero-order valence-corrected chi connectivity index (χ0v) is 22.8. The zero-order chi connectivity index (χ0) is 24.1. The van der Waals surface area contributed by atoms with Crippen LogP contribution in [0, 0.1) is 0 Å². The average Bonchev–Trinajstić information content (AvgIpc) is 2.84. The second-order valence-electron chi connectivity index (χ2n) is 7.92. The number of thioether (sulfide) groups is 2. The van der Waals surface area contributed by atoms with Crippen molar-refractivity contribution >= 4 is 23.5 Å². The highest BCUT2D eigenvalue weighted by molar-refractivity contribution is 7.99. The van der Waals surface area contributed by atoms with Crippen molar-refractivity contribution in [2.75, 3.05) is 39.9 Å². The molecule has 0 saturated carbocycles. The molecule has 6 heteroatoms. The second kappa shape index (κ2) is 15.3. The van der Waals surface area contributed by atoms with Crippen LogP contribution in [0.3, 0.4) is 0 Å². The normalized spacial score (nSPS) is 10.8. The Labute approximate surface area is 209 Å². The maximum Gasteiger partial charge on any atom is 0.132 e. The molecule has 0 aliphatic rings. The van der Waals surface area contributed by atoms with E-state index in [1.54, 1.807) is 28.4 Å². The molecule has 0 amide bonds. The van der Waals surface area contributed by atoms with Gasteiger partial charge in [0.05, 0.1) is 38.2 Å². The van der Waals surface area contributed by atoms with Crippen LogP contribution in [-0.4, -0.2) is 39.9 Å². The van der Waals surface area contributed by atoms with Gasteiger partial charge in [0.1, 0.15) is 23.0 Å². The van der Waals surface area contributed by atoms with E-state index >= 15 is 0 Å². The summed E-state index contributed by atoms with van der Waals surface area (Å²) in [5.74, 6) is 5.67. The van der Waals surface area contributed by atoms with Crippen LogP contribution in [0.4, 0.5) is 0 Å². The van der Waals surface area contributed by atoms with E-state index in [2.05, 4.69) is 38.1 Å². The highest BCUT2D eigenvalue weighted by Gasteiger charge is 2.17. The fraction of sp³-hybridized carbons (Fsp3) is 0.556. The largest absolute Gasteiger partial charge is 0.496 e. The van der Waals surface area contributed by atoms with Gasteiger partial charge < -0.3 is 18.9 Å². The molecule has 0 spiro atoms. The van der Waals surface area contributed by atoms with E-state index in [0.717, 1.165) is 55.4 Å². The monoisotopic (exact) mass is 492 g/mol. The van der Waals surface area contributed by atoms with Crippen LogP contribution in [0.1, 0.15) is 63.5 Å². The van der Waals surface area contributed by atoms with Gasteiger partial charge in [-0.25, -0.2) is 0 Å². The highest BCUT2D eigenvalue weighted by atomic mass is 32.2. The molecule has 0 saturated heterocycles. The van der Waals surface area contributed by atoms with Crippen molar-refractivity contribution in [3.8, 4) is 23.0 Å². The van der Waals surface area contributed by atoms with Gasteiger partial charge in [-0.1, -0.05) is 39.5 Å². The topological polar surface area (TPSA) is 36.9 Å². The lowest BCUT2D eigenvalue weighted by Crippen LogP contribution is -2.01. The Balaban J connectivity index is 2.30. The summed E-state index contributed by atoms with van der Waals surface area (Å²) in [6.45, 7) is 4.45. The minimum absolute atomic E-state index is 0.667. The summed E-state index contributed by atoms with van der Waals surface area (Å²) in [5, 5.41) is 0. The van der Waals surface area contributed by atoms with Crippen LogP contribution in [-0.2, 0) is 6.42 Å². The maximum absolute atomic E-state index is 5.77. The van der Waals surface area contributed by atoms with E-state index in [1.165, 1.54) is 38.5 Å². The number of methoxy groups -OCH3 is 4. The summed E-state index contributed by atoms with van der Waals surface area (Å²) in [7, 11) is 6.92. The Bertz CT molecular complexity index is 785. The highest BCUT2D eigenvalue weighted by Crippen LogP contribution is 2.40. The molecule has 0 fully saturated rings. The summed E-state index contributed by atoms with van der Waals surface area (Å²) < 4.78 is 23.0. The van der Waals surface area contributed by atoms with E-state index < -0.39 is 0 Å². The van der Waals surface area contributed by atoms with Gasteiger partial charge in [-0.3, -0.25) is 0 Å². The van der Waals surface area contributed by atoms with E-state index in [0.29, 0.717) is 6.42 Å². The Morgan fingerprint density at radius 2 is 0.939 bits per heavy atom. The van der Waals surface area contributed by atoms with Crippen molar-refractivity contribution in [3.05, 3.63) is 35.4 Å². The quantitative estimate of drug-likeness (QED) is 0.175.